The molecule has 0 N–H and O–H groups in total. The maximum Gasteiger partial charge on any atom is 0.340 e. The quantitative estimate of drug-likeness (QED) is 0.656. The zero-order chi connectivity index (χ0) is 16.4. The molecule has 1 heterocycles. The maximum absolute atomic E-state index is 12.3. The average molecular weight is 371 g/mol. The highest BCUT2D eigenvalue weighted by atomic mass is 35.5. The zero-order valence-corrected chi connectivity index (χ0v) is 13.6. The molecular formula is C13H8Cl2N4O3S. The third kappa shape index (κ3) is 3.44. The Balaban J connectivity index is 1.87. The van der Waals surface area contributed by atoms with Crippen molar-refractivity contribution in [1.29, 1.82) is 0 Å². The first-order valence-electron chi connectivity index (χ1n) is 6.19. The summed E-state index contributed by atoms with van der Waals surface area (Å²) in [5.74, 6) is 0.123. The standard InChI is InChI=1S/C13H8Cl2N4O3S/c14-9-1-6-12(15)13(7-9)23(20,21)22-11-4-2-10(3-5-11)19-8-16-17-18-19/h1-8H. The Labute approximate surface area is 141 Å². The van der Waals surface area contributed by atoms with Crippen LogP contribution in [-0.2, 0) is 10.1 Å². The maximum atomic E-state index is 12.3. The van der Waals surface area contributed by atoms with Gasteiger partial charge in [-0.3, -0.25) is 0 Å². The Morgan fingerprint density at radius 1 is 1.04 bits per heavy atom. The first-order valence-corrected chi connectivity index (χ1v) is 8.35. The van der Waals surface area contributed by atoms with Crippen molar-refractivity contribution in [3.8, 4) is 11.4 Å². The van der Waals surface area contributed by atoms with Crippen molar-refractivity contribution >= 4 is 33.3 Å². The lowest BCUT2D eigenvalue weighted by Crippen LogP contribution is -2.10. The molecule has 0 bridgehead atoms. The van der Waals surface area contributed by atoms with Crippen LogP contribution >= 0.6 is 23.2 Å². The van der Waals surface area contributed by atoms with Gasteiger partial charge in [-0.15, -0.1) is 5.10 Å². The van der Waals surface area contributed by atoms with Crippen LogP contribution in [0.15, 0.2) is 53.7 Å². The van der Waals surface area contributed by atoms with E-state index in [0.29, 0.717) is 5.69 Å². The summed E-state index contributed by atoms with van der Waals surface area (Å²) < 4.78 is 31.1. The molecule has 0 saturated heterocycles. The van der Waals surface area contributed by atoms with Crippen LogP contribution in [0.3, 0.4) is 0 Å². The fraction of sp³-hybridized carbons (Fsp3) is 0. The molecule has 0 spiro atoms. The molecule has 0 aliphatic heterocycles. The molecule has 3 aromatic rings. The predicted octanol–water partition coefficient (Wildman–Crippen LogP) is 2.74. The van der Waals surface area contributed by atoms with Gasteiger partial charge in [0.2, 0.25) is 0 Å². The molecule has 0 unspecified atom stereocenters. The van der Waals surface area contributed by atoms with Crippen molar-refractivity contribution in [3.05, 3.63) is 58.8 Å². The number of nitrogens with zero attached hydrogens (tertiary/aromatic N) is 4. The van der Waals surface area contributed by atoms with E-state index in [1.54, 1.807) is 12.1 Å². The van der Waals surface area contributed by atoms with Gasteiger partial charge >= 0.3 is 10.1 Å². The lowest BCUT2D eigenvalue weighted by atomic mass is 10.3. The molecule has 0 amide bonds. The van der Waals surface area contributed by atoms with E-state index < -0.39 is 10.1 Å². The Bertz CT molecular complexity index is 928. The molecular weight excluding hydrogens is 363 g/mol. The van der Waals surface area contributed by atoms with E-state index in [2.05, 4.69) is 15.5 Å². The summed E-state index contributed by atoms with van der Waals surface area (Å²) in [5.41, 5.74) is 0.653. The minimum atomic E-state index is -4.10. The van der Waals surface area contributed by atoms with Crippen LogP contribution in [0.1, 0.15) is 0 Å². The molecule has 7 nitrogen and oxygen atoms in total. The van der Waals surface area contributed by atoms with Crippen LogP contribution in [0.4, 0.5) is 0 Å². The molecule has 0 atom stereocenters. The van der Waals surface area contributed by atoms with Gasteiger partial charge in [-0.1, -0.05) is 23.2 Å². The van der Waals surface area contributed by atoms with E-state index >= 15 is 0 Å². The molecule has 23 heavy (non-hydrogen) atoms. The molecule has 3 rings (SSSR count). The first-order chi connectivity index (χ1) is 11.0. The number of benzene rings is 2. The van der Waals surface area contributed by atoms with Gasteiger partial charge in [0, 0.05) is 5.02 Å². The summed E-state index contributed by atoms with van der Waals surface area (Å²) in [6.45, 7) is 0. The zero-order valence-electron chi connectivity index (χ0n) is 11.3. The van der Waals surface area contributed by atoms with Gasteiger partial charge in [0.15, 0.2) is 0 Å². The van der Waals surface area contributed by atoms with Crippen molar-refractivity contribution in [2.75, 3.05) is 0 Å². The lowest BCUT2D eigenvalue weighted by Gasteiger charge is -2.09. The summed E-state index contributed by atoms with van der Waals surface area (Å²) >= 11 is 11.7. The number of hydrogen-bond donors (Lipinski definition) is 0. The predicted molar refractivity (Wildman–Crippen MR) is 83.4 cm³/mol. The number of hydrogen-bond acceptors (Lipinski definition) is 6. The van der Waals surface area contributed by atoms with E-state index in [1.807, 2.05) is 0 Å². The van der Waals surface area contributed by atoms with Crippen molar-refractivity contribution in [2.45, 2.75) is 4.90 Å². The summed E-state index contributed by atoms with van der Waals surface area (Å²) in [5, 5.41) is 11.0. The third-order valence-electron chi connectivity index (χ3n) is 2.82. The highest BCUT2D eigenvalue weighted by molar-refractivity contribution is 7.87. The van der Waals surface area contributed by atoms with Crippen molar-refractivity contribution in [2.24, 2.45) is 0 Å². The van der Waals surface area contributed by atoms with Gasteiger partial charge in [0.25, 0.3) is 0 Å². The molecule has 2 aromatic carbocycles. The summed E-state index contributed by atoms with van der Waals surface area (Å²) in [4.78, 5) is -0.198. The Kier molecular flexibility index (Phi) is 4.20. The minimum absolute atomic E-state index is 0.0275. The van der Waals surface area contributed by atoms with Gasteiger partial charge in [-0.05, 0) is 52.9 Å². The second-order valence-corrected chi connectivity index (χ2v) is 6.72. The van der Waals surface area contributed by atoms with Crippen molar-refractivity contribution < 1.29 is 12.6 Å². The summed E-state index contributed by atoms with van der Waals surface area (Å²) in [6, 6.07) is 10.3. The van der Waals surface area contributed by atoms with Gasteiger partial charge in [0.1, 0.15) is 17.0 Å². The monoisotopic (exact) mass is 370 g/mol. The van der Waals surface area contributed by atoms with E-state index in [0.717, 1.165) is 0 Å². The van der Waals surface area contributed by atoms with E-state index in [-0.39, 0.29) is 20.7 Å². The van der Waals surface area contributed by atoms with Crippen molar-refractivity contribution in [3.63, 3.8) is 0 Å². The first kappa shape index (κ1) is 15.7. The van der Waals surface area contributed by atoms with Gasteiger partial charge in [-0.25, -0.2) is 4.68 Å². The normalized spacial score (nSPS) is 11.4. The molecule has 118 valence electrons. The van der Waals surface area contributed by atoms with Gasteiger partial charge < -0.3 is 4.18 Å². The van der Waals surface area contributed by atoms with Gasteiger partial charge in [0.05, 0.1) is 10.7 Å². The SMILES string of the molecule is O=S(=O)(Oc1ccc(-n2cnnn2)cc1)c1cc(Cl)ccc1Cl. The molecule has 0 radical (unpaired) electrons. The Hall–Kier alpha value is -2.16. The fourth-order valence-electron chi connectivity index (χ4n) is 1.77. The largest absolute Gasteiger partial charge is 0.379 e. The summed E-state index contributed by atoms with van der Waals surface area (Å²) in [7, 11) is -4.10. The molecule has 10 heteroatoms. The summed E-state index contributed by atoms with van der Waals surface area (Å²) in [6.07, 6.45) is 1.42. The smallest absolute Gasteiger partial charge is 0.340 e. The number of rotatable bonds is 4. The number of tetrazole rings is 1. The topological polar surface area (TPSA) is 87.0 Å². The van der Waals surface area contributed by atoms with E-state index in [4.69, 9.17) is 27.4 Å². The number of halogens is 2. The van der Waals surface area contributed by atoms with Crippen LogP contribution < -0.4 is 4.18 Å². The second kappa shape index (κ2) is 6.15. The second-order valence-electron chi connectivity index (χ2n) is 4.36. The molecule has 1 aromatic heterocycles. The van der Waals surface area contributed by atoms with Crippen LogP contribution in [-0.4, -0.2) is 28.6 Å². The van der Waals surface area contributed by atoms with Crippen molar-refractivity contribution in [1.82, 2.24) is 20.2 Å². The highest BCUT2D eigenvalue weighted by Crippen LogP contribution is 2.28. The van der Waals surface area contributed by atoms with Crippen LogP contribution in [0.2, 0.25) is 10.0 Å². The fourth-order valence-corrected chi connectivity index (χ4v) is 3.44. The van der Waals surface area contributed by atoms with Gasteiger partial charge in [-0.2, -0.15) is 8.42 Å². The Morgan fingerprint density at radius 2 is 1.78 bits per heavy atom. The minimum Gasteiger partial charge on any atom is -0.379 e. The van der Waals surface area contributed by atoms with E-state index in [9.17, 15) is 8.42 Å². The van der Waals surface area contributed by atoms with Crippen LogP contribution in [0, 0.1) is 0 Å². The molecule has 0 aliphatic carbocycles. The Morgan fingerprint density at radius 3 is 2.43 bits per heavy atom. The molecule has 0 saturated carbocycles. The third-order valence-corrected chi connectivity index (χ3v) is 4.78. The lowest BCUT2D eigenvalue weighted by molar-refractivity contribution is 0.486. The highest BCUT2D eigenvalue weighted by Gasteiger charge is 2.21. The van der Waals surface area contributed by atoms with Crippen LogP contribution in [0.25, 0.3) is 5.69 Å². The average Bonchev–Trinajstić information content (AvgIpc) is 3.04. The molecule has 0 aliphatic rings. The van der Waals surface area contributed by atoms with Crippen LogP contribution in [0.5, 0.6) is 5.75 Å². The number of aromatic nitrogens is 4. The molecule has 0 fully saturated rings. The van der Waals surface area contributed by atoms with E-state index in [1.165, 1.54) is 41.3 Å².